The number of hydrogen-bond acceptors (Lipinski definition) is 3. The minimum absolute atomic E-state index is 0.0343. The Hall–Kier alpha value is -2.30. The van der Waals surface area contributed by atoms with E-state index in [-0.39, 0.29) is 12.5 Å². The van der Waals surface area contributed by atoms with Crippen molar-refractivity contribution in [3.8, 4) is 5.75 Å². The van der Waals surface area contributed by atoms with Crippen LogP contribution in [-0.2, 0) is 4.79 Å². The Morgan fingerprint density at radius 3 is 2.85 bits per heavy atom. The van der Waals surface area contributed by atoms with E-state index in [4.69, 9.17) is 4.74 Å². The molecular weight excluding hydrogens is 254 g/mol. The first-order chi connectivity index (χ1) is 9.54. The highest BCUT2D eigenvalue weighted by Crippen LogP contribution is 2.20. The van der Waals surface area contributed by atoms with Crippen LogP contribution in [0.5, 0.6) is 5.75 Å². The van der Waals surface area contributed by atoms with Gasteiger partial charge in [0.25, 0.3) is 5.91 Å². The van der Waals surface area contributed by atoms with E-state index in [0.717, 1.165) is 5.69 Å². The maximum Gasteiger partial charge on any atom is 0.263 e. The van der Waals surface area contributed by atoms with Gasteiger partial charge in [0.2, 0.25) is 0 Å². The number of anilines is 1. The molecule has 0 radical (unpaired) electrons. The van der Waals surface area contributed by atoms with Gasteiger partial charge in [0.15, 0.2) is 12.4 Å². The summed E-state index contributed by atoms with van der Waals surface area (Å²) in [6, 6.07) is 9.54. The van der Waals surface area contributed by atoms with Gasteiger partial charge in [0.05, 0.1) is 0 Å². The lowest BCUT2D eigenvalue weighted by Crippen LogP contribution is -2.20. The van der Waals surface area contributed by atoms with Gasteiger partial charge in [-0.2, -0.15) is 5.10 Å². The molecule has 0 aliphatic heterocycles. The van der Waals surface area contributed by atoms with Gasteiger partial charge in [0, 0.05) is 11.8 Å². The second-order valence-corrected chi connectivity index (χ2v) is 5.00. The predicted molar refractivity (Wildman–Crippen MR) is 78.0 cm³/mol. The van der Waals surface area contributed by atoms with E-state index in [1.807, 2.05) is 31.2 Å². The van der Waals surface area contributed by atoms with Crippen molar-refractivity contribution < 1.29 is 9.53 Å². The van der Waals surface area contributed by atoms with E-state index < -0.39 is 0 Å². The fourth-order valence-corrected chi connectivity index (χ4v) is 1.77. The highest BCUT2D eigenvalue weighted by atomic mass is 16.5. The molecule has 0 bridgehead atoms. The van der Waals surface area contributed by atoms with Gasteiger partial charge in [-0.15, -0.1) is 0 Å². The summed E-state index contributed by atoms with van der Waals surface area (Å²) in [5.74, 6) is 1.41. The lowest BCUT2D eigenvalue weighted by molar-refractivity contribution is -0.118. The van der Waals surface area contributed by atoms with E-state index in [0.29, 0.717) is 17.5 Å². The number of benzene rings is 1. The Labute approximate surface area is 118 Å². The summed E-state index contributed by atoms with van der Waals surface area (Å²) in [5, 5.41) is 9.36. The first kappa shape index (κ1) is 14.1. The molecule has 1 amide bonds. The molecule has 2 N–H and O–H groups in total. The molecule has 2 rings (SSSR count). The second-order valence-electron chi connectivity index (χ2n) is 5.00. The number of ether oxygens (including phenoxy) is 1. The molecule has 0 unspecified atom stereocenters. The molecule has 0 aliphatic rings. The Morgan fingerprint density at radius 1 is 1.40 bits per heavy atom. The summed E-state index contributed by atoms with van der Waals surface area (Å²) in [4.78, 5) is 11.7. The number of nitrogens with one attached hydrogen (secondary N) is 2. The number of carbonyl (C=O) groups is 1. The molecule has 0 saturated carbocycles. The van der Waals surface area contributed by atoms with Crippen LogP contribution in [0.4, 0.5) is 5.82 Å². The van der Waals surface area contributed by atoms with E-state index >= 15 is 0 Å². The molecule has 1 heterocycles. The first-order valence-corrected chi connectivity index (χ1v) is 6.59. The number of amides is 1. The van der Waals surface area contributed by atoms with Crippen LogP contribution >= 0.6 is 0 Å². The normalized spacial score (nSPS) is 10.6. The number of hydrogen-bond donors (Lipinski definition) is 2. The third-order valence-electron chi connectivity index (χ3n) is 2.87. The number of rotatable bonds is 5. The van der Waals surface area contributed by atoms with Crippen LogP contribution in [0.3, 0.4) is 0 Å². The minimum atomic E-state index is -0.230. The fourth-order valence-electron chi connectivity index (χ4n) is 1.77. The van der Waals surface area contributed by atoms with Gasteiger partial charge >= 0.3 is 0 Å². The Kier molecular flexibility index (Phi) is 4.40. The van der Waals surface area contributed by atoms with Crippen molar-refractivity contribution in [2.45, 2.75) is 26.7 Å². The van der Waals surface area contributed by atoms with Crippen LogP contribution < -0.4 is 10.1 Å². The summed E-state index contributed by atoms with van der Waals surface area (Å²) in [7, 11) is 0. The summed E-state index contributed by atoms with van der Waals surface area (Å²) < 4.78 is 5.49. The standard InChI is InChI=1S/C15H19N3O2/c1-10(2)12-5-4-6-13(8-12)20-9-15(19)16-14-7-11(3)17-18-14/h4-8,10H,9H2,1-3H3,(H2,16,17,18,19). The second kappa shape index (κ2) is 6.23. The Balaban J connectivity index is 1.88. The van der Waals surface area contributed by atoms with Crippen LogP contribution in [0.25, 0.3) is 0 Å². The molecule has 0 saturated heterocycles. The van der Waals surface area contributed by atoms with Crippen molar-refractivity contribution in [1.82, 2.24) is 10.2 Å². The molecule has 0 spiro atoms. The summed E-state index contributed by atoms with van der Waals surface area (Å²) >= 11 is 0. The van der Waals surface area contributed by atoms with Gasteiger partial charge in [-0.1, -0.05) is 26.0 Å². The van der Waals surface area contributed by atoms with E-state index in [2.05, 4.69) is 29.4 Å². The highest BCUT2D eigenvalue weighted by Gasteiger charge is 2.07. The molecule has 1 aromatic carbocycles. The molecule has 5 nitrogen and oxygen atoms in total. The van der Waals surface area contributed by atoms with Gasteiger partial charge in [-0.25, -0.2) is 0 Å². The molecule has 0 aliphatic carbocycles. The average molecular weight is 273 g/mol. The molecule has 5 heteroatoms. The minimum Gasteiger partial charge on any atom is -0.484 e. The number of H-pyrrole nitrogens is 1. The van der Waals surface area contributed by atoms with Crippen molar-refractivity contribution in [2.75, 3.05) is 11.9 Å². The van der Waals surface area contributed by atoms with Crippen LogP contribution in [-0.4, -0.2) is 22.7 Å². The summed E-state index contributed by atoms with van der Waals surface area (Å²) in [6.45, 7) is 6.07. The maximum absolute atomic E-state index is 11.7. The smallest absolute Gasteiger partial charge is 0.263 e. The highest BCUT2D eigenvalue weighted by molar-refractivity contribution is 5.90. The first-order valence-electron chi connectivity index (χ1n) is 6.59. The third kappa shape index (κ3) is 3.85. The lowest BCUT2D eigenvalue weighted by atomic mass is 10.0. The number of nitrogens with zero attached hydrogens (tertiary/aromatic N) is 1. The van der Waals surface area contributed by atoms with E-state index in [9.17, 15) is 4.79 Å². The van der Waals surface area contributed by atoms with Crippen LogP contribution in [0, 0.1) is 6.92 Å². The van der Waals surface area contributed by atoms with Crippen molar-refractivity contribution in [3.05, 3.63) is 41.6 Å². The van der Waals surface area contributed by atoms with Crippen molar-refractivity contribution in [3.63, 3.8) is 0 Å². The molecule has 2 aromatic rings. The Morgan fingerprint density at radius 2 is 2.20 bits per heavy atom. The molecule has 0 atom stereocenters. The zero-order chi connectivity index (χ0) is 14.5. The molecule has 1 aromatic heterocycles. The number of aromatic amines is 1. The fraction of sp³-hybridized carbons (Fsp3) is 0.333. The Bertz CT molecular complexity index is 590. The largest absolute Gasteiger partial charge is 0.484 e. The zero-order valence-corrected chi connectivity index (χ0v) is 11.9. The summed E-state index contributed by atoms with van der Waals surface area (Å²) in [5.41, 5.74) is 2.08. The monoisotopic (exact) mass is 273 g/mol. The van der Waals surface area contributed by atoms with E-state index in [1.165, 1.54) is 5.56 Å². The van der Waals surface area contributed by atoms with Crippen molar-refractivity contribution in [1.29, 1.82) is 0 Å². The molecular formula is C15H19N3O2. The van der Waals surface area contributed by atoms with Gasteiger partial charge in [-0.05, 0) is 30.5 Å². The predicted octanol–water partition coefficient (Wildman–Crippen LogP) is 2.86. The van der Waals surface area contributed by atoms with Gasteiger partial charge < -0.3 is 10.1 Å². The van der Waals surface area contributed by atoms with Crippen molar-refractivity contribution in [2.24, 2.45) is 0 Å². The topological polar surface area (TPSA) is 67.0 Å². The quantitative estimate of drug-likeness (QED) is 0.880. The van der Waals surface area contributed by atoms with Crippen LogP contribution in [0.2, 0.25) is 0 Å². The molecule has 0 fully saturated rings. The third-order valence-corrected chi connectivity index (χ3v) is 2.87. The average Bonchev–Trinajstić information content (AvgIpc) is 2.82. The number of carbonyl (C=O) groups excluding carboxylic acids is 1. The SMILES string of the molecule is Cc1cc(NC(=O)COc2cccc(C(C)C)c2)n[nH]1. The molecule has 106 valence electrons. The zero-order valence-electron chi connectivity index (χ0n) is 11.9. The molecule has 20 heavy (non-hydrogen) atoms. The van der Waals surface area contributed by atoms with E-state index in [1.54, 1.807) is 6.07 Å². The number of aryl methyl sites for hydroxylation is 1. The lowest BCUT2D eigenvalue weighted by Gasteiger charge is -2.09. The maximum atomic E-state index is 11.7. The number of aromatic nitrogens is 2. The van der Waals surface area contributed by atoms with Crippen LogP contribution in [0.15, 0.2) is 30.3 Å². The summed E-state index contributed by atoms with van der Waals surface area (Å²) in [6.07, 6.45) is 0. The van der Waals surface area contributed by atoms with Gasteiger partial charge in [0.1, 0.15) is 5.75 Å². The van der Waals surface area contributed by atoms with Crippen molar-refractivity contribution >= 4 is 11.7 Å². The van der Waals surface area contributed by atoms with Crippen LogP contribution in [0.1, 0.15) is 31.0 Å². The van der Waals surface area contributed by atoms with Gasteiger partial charge in [-0.3, -0.25) is 9.89 Å².